The summed E-state index contributed by atoms with van der Waals surface area (Å²) < 4.78 is 1.73. The van der Waals surface area contributed by atoms with Gasteiger partial charge < -0.3 is 5.11 Å². The first kappa shape index (κ1) is 15.5. The minimum atomic E-state index is -0.474. The molecule has 0 amide bonds. The number of rotatable bonds is 4. The lowest BCUT2D eigenvalue weighted by atomic mass is 10.0. The standard InChI is InChI=1S/C17H22ClN3O/c1-12-16(17(18)20(2)19-12)14-9-6-10-21(14)11-15(22)13-7-4-3-5-8-13/h3-5,7-8,14-15,22H,6,9-11H2,1-2H3/t14-,15-/m1/s1. The van der Waals surface area contributed by atoms with Crippen molar-refractivity contribution < 1.29 is 5.11 Å². The second kappa shape index (κ2) is 6.41. The van der Waals surface area contributed by atoms with Gasteiger partial charge in [0.25, 0.3) is 0 Å². The summed E-state index contributed by atoms with van der Waals surface area (Å²) in [6.45, 7) is 3.61. The van der Waals surface area contributed by atoms with Crippen molar-refractivity contribution in [2.24, 2.45) is 7.05 Å². The molecule has 1 saturated heterocycles. The molecular weight excluding hydrogens is 298 g/mol. The summed E-state index contributed by atoms with van der Waals surface area (Å²) in [4.78, 5) is 2.33. The molecule has 0 bridgehead atoms. The zero-order valence-corrected chi connectivity index (χ0v) is 13.8. The molecule has 1 fully saturated rings. The molecule has 0 saturated carbocycles. The van der Waals surface area contributed by atoms with Gasteiger partial charge in [-0.2, -0.15) is 5.10 Å². The van der Waals surface area contributed by atoms with Crippen molar-refractivity contribution in [3.63, 3.8) is 0 Å². The second-order valence-corrected chi connectivity index (χ2v) is 6.35. The molecule has 2 atom stereocenters. The maximum atomic E-state index is 10.5. The highest BCUT2D eigenvalue weighted by molar-refractivity contribution is 6.30. The molecule has 2 heterocycles. The molecule has 3 rings (SSSR count). The van der Waals surface area contributed by atoms with E-state index in [0.717, 1.165) is 36.2 Å². The highest BCUT2D eigenvalue weighted by atomic mass is 35.5. The number of benzene rings is 1. The average molecular weight is 320 g/mol. The lowest BCUT2D eigenvalue weighted by Gasteiger charge is -2.27. The van der Waals surface area contributed by atoms with Crippen LogP contribution in [0.2, 0.25) is 5.15 Å². The topological polar surface area (TPSA) is 41.3 Å². The van der Waals surface area contributed by atoms with Crippen molar-refractivity contribution in [3.05, 3.63) is 52.3 Å². The molecule has 22 heavy (non-hydrogen) atoms. The van der Waals surface area contributed by atoms with Gasteiger partial charge in [-0.05, 0) is 31.9 Å². The quantitative estimate of drug-likeness (QED) is 0.940. The first-order valence-electron chi connectivity index (χ1n) is 7.74. The number of aliphatic hydroxyl groups excluding tert-OH is 1. The van der Waals surface area contributed by atoms with Crippen LogP contribution in [0.15, 0.2) is 30.3 Å². The van der Waals surface area contributed by atoms with Crippen molar-refractivity contribution in [3.8, 4) is 0 Å². The van der Waals surface area contributed by atoms with E-state index in [1.165, 1.54) is 0 Å². The third-order valence-corrected chi connectivity index (χ3v) is 4.93. The van der Waals surface area contributed by atoms with Gasteiger partial charge in [0.2, 0.25) is 0 Å². The molecule has 1 aromatic heterocycles. The molecule has 1 N–H and O–H groups in total. The first-order valence-corrected chi connectivity index (χ1v) is 8.11. The number of hydrogen-bond donors (Lipinski definition) is 1. The fourth-order valence-corrected chi connectivity index (χ4v) is 3.70. The minimum Gasteiger partial charge on any atom is -0.387 e. The van der Waals surface area contributed by atoms with Crippen molar-refractivity contribution in [2.45, 2.75) is 31.9 Å². The summed E-state index contributed by atoms with van der Waals surface area (Å²) in [6, 6.07) is 10.1. The Kier molecular flexibility index (Phi) is 4.52. The third-order valence-electron chi connectivity index (χ3n) is 4.48. The van der Waals surface area contributed by atoms with Gasteiger partial charge in [0, 0.05) is 25.2 Å². The maximum Gasteiger partial charge on any atom is 0.131 e. The highest BCUT2D eigenvalue weighted by Crippen LogP contribution is 2.38. The molecule has 1 aliphatic rings. The predicted octanol–water partition coefficient (Wildman–Crippen LogP) is 3.25. The van der Waals surface area contributed by atoms with Crippen molar-refractivity contribution in [2.75, 3.05) is 13.1 Å². The Hall–Kier alpha value is -1.36. The summed E-state index contributed by atoms with van der Waals surface area (Å²) in [5, 5.41) is 15.6. The lowest BCUT2D eigenvalue weighted by molar-refractivity contribution is 0.106. The van der Waals surface area contributed by atoms with Crippen LogP contribution in [0.1, 0.15) is 41.8 Å². The molecular formula is C17H22ClN3O. The first-order chi connectivity index (χ1) is 10.6. The number of β-amino-alcohol motifs (C(OH)–C–C–N with tert-alkyl or cyclic N) is 1. The number of likely N-dealkylation sites (tertiary alicyclic amines) is 1. The molecule has 4 nitrogen and oxygen atoms in total. The predicted molar refractivity (Wildman–Crippen MR) is 87.9 cm³/mol. The number of aryl methyl sites for hydroxylation is 2. The summed E-state index contributed by atoms with van der Waals surface area (Å²) >= 11 is 6.42. The number of aromatic nitrogens is 2. The van der Waals surface area contributed by atoms with Crippen LogP contribution in [0.4, 0.5) is 0 Å². The smallest absolute Gasteiger partial charge is 0.131 e. The Bertz CT molecular complexity index is 641. The normalized spacial score (nSPS) is 20.5. The van der Waals surface area contributed by atoms with Crippen LogP contribution in [0, 0.1) is 6.92 Å². The van der Waals surface area contributed by atoms with Crippen LogP contribution < -0.4 is 0 Å². The Morgan fingerprint density at radius 1 is 1.36 bits per heavy atom. The SMILES string of the molecule is Cc1nn(C)c(Cl)c1[C@H]1CCCN1C[C@@H](O)c1ccccc1. The van der Waals surface area contributed by atoms with Crippen LogP contribution in [0.3, 0.4) is 0 Å². The van der Waals surface area contributed by atoms with Crippen molar-refractivity contribution in [1.82, 2.24) is 14.7 Å². The van der Waals surface area contributed by atoms with Crippen LogP contribution in [-0.2, 0) is 7.05 Å². The summed E-state index contributed by atoms with van der Waals surface area (Å²) in [7, 11) is 1.87. The highest BCUT2D eigenvalue weighted by Gasteiger charge is 2.32. The average Bonchev–Trinajstić information content (AvgIpc) is 3.05. The lowest BCUT2D eigenvalue weighted by Crippen LogP contribution is -2.28. The Morgan fingerprint density at radius 3 is 2.73 bits per heavy atom. The van der Waals surface area contributed by atoms with E-state index in [9.17, 15) is 5.11 Å². The fraction of sp³-hybridized carbons (Fsp3) is 0.471. The van der Waals surface area contributed by atoms with Crippen molar-refractivity contribution in [1.29, 1.82) is 0 Å². The number of hydrogen-bond acceptors (Lipinski definition) is 3. The van der Waals surface area contributed by atoms with Crippen molar-refractivity contribution >= 4 is 11.6 Å². The van der Waals surface area contributed by atoms with Gasteiger partial charge in [0.05, 0.1) is 11.8 Å². The molecule has 118 valence electrons. The molecule has 0 radical (unpaired) electrons. The summed E-state index contributed by atoms with van der Waals surface area (Å²) in [5.41, 5.74) is 3.06. The van der Waals surface area contributed by atoms with Crippen LogP contribution in [0.25, 0.3) is 0 Å². The molecule has 1 aromatic carbocycles. The zero-order chi connectivity index (χ0) is 15.7. The minimum absolute atomic E-state index is 0.250. The summed E-state index contributed by atoms with van der Waals surface area (Å²) in [6.07, 6.45) is 1.71. The molecule has 0 spiro atoms. The molecule has 2 aromatic rings. The van der Waals surface area contributed by atoms with Gasteiger partial charge in [-0.25, -0.2) is 0 Å². The molecule has 5 heteroatoms. The van der Waals surface area contributed by atoms with Crippen LogP contribution in [0.5, 0.6) is 0 Å². The Labute approximate surface area is 136 Å². The monoisotopic (exact) mass is 319 g/mol. The number of aliphatic hydroxyl groups is 1. The Morgan fingerprint density at radius 2 is 2.09 bits per heavy atom. The molecule has 1 aliphatic heterocycles. The van der Waals surface area contributed by atoms with Gasteiger partial charge >= 0.3 is 0 Å². The van der Waals surface area contributed by atoms with Gasteiger partial charge in [-0.15, -0.1) is 0 Å². The Balaban J connectivity index is 1.79. The summed E-state index contributed by atoms with van der Waals surface area (Å²) in [5.74, 6) is 0. The molecule has 0 aliphatic carbocycles. The van der Waals surface area contributed by atoms with E-state index >= 15 is 0 Å². The third kappa shape index (κ3) is 2.91. The van der Waals surface area contributed by atoms with Gasteiger partial charge in [-0.3, -0.25) is 9.58 Å². The van der Waals surface area contributed by atoms with Crippen LogP contribution >= 0.6 is 11.6 Å². The molecule has 0 unspecified atom stereocenters. The van der Waals surface area contributed by atoms with E-state index in [1.807, 2.05) is 44.3 Å². The van der Waals surface area contributed by atoms with Gasteiger partial charge in [0.1, 0.15) is 5.15 Å². The zero-order valence-electron chi connectivity index (χ0n) is 13.0. The van der Waals surface area contributed by atoms with E-state index in [-0.39, 0.29) is 6.04 Å². The van der Waals surface area contributed by atoms with Crippen LogP contribution in [-0.4, -0.2) is 32.9 Å². The number of halogens is 1. The maximum absolute atomic E-state index is 10.5. The van der Waals surface area contributed by atoms with E-state index in [0.29, 0.717) is 11.7 Å². The van der Waals surface area contributed by atoms with E-state index in [4.69, 9.17) is 11.6 Å². The largest absolute Gasteiger partial charge is 0.387 e. The van der Waals surface area contributed by atoms with E-state index < -0.39 is 6.10 Å². The van der Waals surface area contributed by atoms with Gasteiger partial charge in [0.15, 0.2) is 0 Å². The second-order valence-electron chi connectivity index (χ2n) is 5.99. The number of nitrogens with zero attached hydrogens (tertiary/aromatic N) is 3. The fourth-order valence-electron chi connectivity index (χ4n) is 3.40. The van der Waals surface area contributed by atoms with E-state index in [1.54, 1.807) is 4.68 Å². The van der Waals surface area contributed by atoms with Gasteiger partial charge in [-0.1, -0.05) is 41.9 Å². The van der Waals surface area contributed by atoms with E-state index in [2.05, 4.69) is 10.00 Å².